The van der Waals surface area contributed by atoms with Crippen LogP contribution in [0.2, 0.25) is 0 Å². The van der Waals surface area contributed by atoms with Gasteiger partial charge < -0.3 is 20.5 Å². The van der Waals surface area contributed by atoms with E-state index < -0.39 is 18.0 Å². The van der Waals surface area contributed by atoms with E-state index in [4.69, 9.17) is 9.84 Å². The third kappa shape index (κ3) is 5.04. The first-order chi connectivity index (χ1) is 8.13. The number of aliphatic carboxylic acids is 1. The summed E-state index contributed by atoms with van der Waals surface area (Å²) < 4.78 is 5.21. The fourth-order valence-electron chi connectivity index (χ4n) is 1.74. The number of nitrogens with one attached hydrogen (secondary N) is 2. The maximum atomic E-state index is 11.4. The van der Waals surface area contributed by atoms with E-state index in [1.54, 1.807) is 6.92 Å². The molecule has 6 heteroatoms. The van der Waals surface area contributed by atoms with Crippen LogP contribution in [-0.4, -0.2) is 42.9 Å². The van der Waals surface area contributed by atoms with Crippen LogP contribution in [0.1, 0.15) is 26.2 Å². The number of carbonyl (C=O) groups excluding carboxylic acids is 1. The zero-order valence-corrected chi connectivity index (χ0v) is 10.1. The second kappa shape index (κ2) is 7.11. The van der Waals surface area contributed by atoms with Crippen LogP contribution in [0.15, 0.2) is 0 Å². The zero-order valence-electron chi connectivity index (χ0n) is 10.1. The molecule has 0 unspecified atom stereocenters. The lowest BCUT2D eigenvalue weighted by Gasteiger charge is -2.22. The summed E-state index contributed by atoms with van der Waals surface area (Å²) in [6.45, 7) is 3.77. The highest BCUT2D eigenvalue weighted by molar-refractivity contribution is 5.82. The Morgan fingerprint density at radius 3 is 2.59 bits per heavy atom. The van der Waals surface area contributed by atoms with E-state index in [2.05, 4.69) is 10.6 Å². The number of amides is 2. The van der Waals surface area contributed by atoms with Gasteiger partial charge in [-0.05, 0) is 25.2 Å². The predicted octanol–water partition coefficient (Wildman–Crippen LogP) is 0.575. The standard InChI is InChI=1S/C11H20N2O4/c1-2-9(10(14)15)13-11(16)12-7-8-3-5-17-6-4-8/h8-9H,2-7H2,1H3,(H,14,15)(H2,12,13,16)/t9-/m1/s1. The van der Waals surface area contributed by atoms with Crippen LogP contribution in [-0.2, 0) is 9.53 Å². The molecular formula is C11H20N2O4. The van der Waals surface area contributed by atoms with Crippen LogP contribution in [0, 0.1) is 5.92 Å². The highest BCUT2D eigenvalue weighted by atomic mass is 16.5. The molecule has 17 heavy (non-hydrogen) atoms. The van der Waals surface area contributed by atoms with Crippen molar-refractivity contribution in [2.45, 2.75) is 32.2 Å². The molecule has 6 nitrogen and oxygen atoms in total. The van der Waals surface area contributed by atoms with Crippen LogP contribution < -0.4 is 10.6 Å². The summed E-state index contributed by atoms with van der Waals surface area (Å²) in [7, 11) is 0. The molecule has 1 rings (SSSR count). The van der Waals surface area contributed by atoms with E-state index in [9.17, 15) is 9.59 Å². The van der Waals surface area contributed by atoms with Crippen molar-refractivity contribution in [3.05, 3.63) is 0 Å². The van der Waals surface area contributed by atoms with Gasteiger partial charge in [0.15, 0.2) is 0 Å². The molecule has 0 spiro atoms. The van der Waals surface area contributed by atoms with Gasteiger partial charge in [0.25, 0.3) is 0 Å². The molecule has 98 valence electrons. The Morgan fingerprint density at radius 1 is 1.41 bits per heavy atom. The third-order valence-electron chi connectivity index (χ3n) is 2.90. The van der Waals surface area contributed by atoms with Gasteiger partial charge in [0.05, 0.1) is 0 Å². The Bertz CT molecular complexity index is 264. The Balaban J connectivity index is 2.21. The van der Waals surface area contributed by atoms with Crippen LogP contribution >= 0.6 is 0 Å². The molecule has 1 heterocycles. The first kappa shape index (κ1) is 13.8. The van der Waals surface area contributed by atoms with Crippen molar-refractivity contribution in [3.63, 3.8) is 0 Å². The van der Waals surface area contributed by atoms with Gasteiger partial charge in [-0.2, -0.15) is 0 Å². The first-order valence-corrected chi connectivity index (χ1v) is 5.98. The average Bonchev–Trinajstić information content (AvgIpc) is 2.34. The Kier molecular flexibility index (Phi) is 5.76. The number of carboxylic acid groups (broad SMARTS) is 1. The number of carboxylic acids is 1. The van der Waals surface area contributed by atoms with Gasteiger partial charge in [-0.3, -0.25) is 0 Å². The van der Waals surface area contributed by atoms with E-state index >= 15 is 0 Å². The number of ether oxygens (including phenoxy) is 1. The summed E-state index contributed by atoms with van der Waals surface area (Å²) in [5.74, 6) is -0.576. The second-order valence-electron chi connectivity index (χ2n) is 4.21. The lowest BCUT2D eigenvalue weighted by molar-refractivity contribution is -0.139. The van der Waals surface area contributed by atoms with Crippen molar-refractivity contribution >= 4 is 12.0 Å². The van der Waals surface area contributed by atoms with Crippen LogP contribution in [0.25, 0.3) is 0 Å². The number of hydrogen-bond donors (Lipinski definition) is 3. The largest absolute Gasteiger partial charge is 0.480 e. The first-order valence-electron chi connectivity index (χ1n) is 5.98. The topological polar surface area (TPSA) is 87.7 Å². The summed E-state index contributed by atoms with van der Waals surface area (Å²) in [6, 6.07) is -1.23. The van der Waals surface area contributed by atoms with Gasteiger partial charge in [-0.15, -0.1) is 0 Å². The summed E-state index contributed by atoms with van der Waals surface area (Å²) in [5, 5.41) is 13.9. The monoisotopic (exact) mass is 244 g/mol. The molecule has 1 atom stereocenters. The minimum absolute atomic E-state index is 0.375. The zero-order chi connectivity index (χ0) is 12.7. The van der Waals surface area contributed by atoms with E-state index in [1.807, 2.05) is 0 Å². The van der Waals surface area contributed by atoms with Gasteiger partial charge in [-0.25, -0.2) is 9.59 Å². The van der Waals surface area contributed by atoms with Crippen molar-refractivity contribution in [1.82, 2.24) is 10.6 Å². The smallest absolute Gasteiger partial charge is 0.326 e. The average molecular weight is 244 g/mol. The lowest BCUT2D eigenvalue weighted by Crippen LogP contribution is -2.47. The van der Waals surface area contributed by atoms with Crippen molar-refractivity contribution in [2.75, 3.05) is 19.8 Å². The van der Waals surface area contributed by atoms with Gasteiger partial charge in [-0.1, -0.05) is 6.92 Å². The molecule has 0 aromatic heterocycles. The van der Waals surface area contributed by atoms with Crippen molar-refractivity contribution in [2.24, 2.45) is 5.92 Å². The molecule has 0 radical (unpaired) electrons. The summed E-state index contributed by atoms with van der Waals surface area (Å²) >= 11 is 0. The molecule has 1 fully saturated rings. The van der Waals surface area contributed by atoms with Gasteiger partial charge >= 0.3 is 12.0 Å². The summed E-state index contributed by atoms with van der Waals surface area (Å²) in [5.41, 5.74) is 0. The quantitative estimate of drug-likeness (QED) is 0.660. The maximum Gasteiger partial charge on any atom is 0.326 e. The molecule has 0 saturated carbocycles. The molecule has 0 bridgehead atoms. The van der Waals surface area contributed by atoms with E-state index in [1.165, 1.54) is 0 Å². The molecular weight excluding hydrogens is 224 g/mol. The fraction of sp³-hybridized carbons (Fsp3) is 0.818. The van der Waals surface area contributed by atoms with Crippen molar-refractivity contribution in [3.8, 4) is 0 Å². The summed E-state index contributed by atoms with van der Waals surface area (Å²) in [4.78, 5) is 22.2. The normalized spacial score (nSPS) is 18.4. The molecule has 1 aliphatic rings. The van der Waals surface area contributed by atoms with Crippen LogP contribution in [0.3, 0.4) is 0 Å². The second-order valence-corrected chi connectivity index (χ2v) is 4.21. The fourth-order valence-corrected chi connectivity index (χ4v) is 1.74. The minimum atomic E-state index is -1.01. The van der Waals surface area contributed by atoms with Crippen LogP contribution in [0.5, 0.6) is 0 Å². The molecule has 0 aromatic rings. The Morgan fingerprint density at radius 2 is 2.06 bits per heavy atom. The van der Waals surface area contributed by atoms with E-state index in [0.29, 0.717) is 18.9 Å². The molecule has 0 aliphatic carbocycles. The maximum absolute atomic E-state index is 11.4. The van der Waals surface area contributed by atoms with Crippen molar-refractivity contribution < 1.29 is 19.4 Å². The highest BCUT2D eigenvalue weighted by Crippen LogP contribution is 2.12. The number of urea groups is 1. The van der Waals surface area contributed by atoms with Gasteiger partial charge in [0, 0.05) is 19.8 Å². The van der Waals surface area contributed by atoms with Crippen molar-refractivity contribution in [1.29, 1.82) is 0 Å². The van der Waals surface area contributed by atoms with E-state index in [-0.39, 0.29) is 0 Å². The Labute approximate surface area is 101 Å². The van der Waals surface area contributed by atoms with Gasteiger partial charge in [0.2, 0.25) is 0 Å². The van der Waals surface area contributed by atoms with Gasteiger partial charge in [0.1, 0.15) is 6.04 Å². The molecule has 3 N–H and O–H groups in total. The summed E-state index contributed by atoms with van der Waals surface area (Å²) in [6.07, 6.45) is 2.26. The third-order valence-corrected chi connectivity index (χ3v) is 2.90. The highest BCUT2D eigenvalue weighted by Gasteiger charge is 2.19. The molecule has 1 saturated heterocycles. The minimum Gasteiger partial charge on any atom is -0.480 e. The van der Waals surface area contributed by atoms with Crippen LogP contribution in [0.4, 0.5) is 4.79 Å². The molecule has 1 aliphatic heterocycles. The number of hydrogen-bond acceptors (Lipinski definition) is 3. The lowest BCUT2D eigenvalue weighted by atomic mass is 10.0. The number of carbonyl (C=O) groups is 2. The SMILES string of the molecule is CC[C@@H](NC(=O)NCC1CCOCC1)C(=O)O. The molecule has 0 aromatic carbocycles. The predicted molar refractivity (Wildman–Crippen MR) is 61.8 cm³/mol. The Hall–Kier alpha value is -1.30. The molecule has 2 amide bonds. The van der Waals surface area contributed by atoms with E-state index in [0.717, 1.165) is 26.1 Å². The number of rotatable bonds is 5.